The van der Waals surface area contributed by atoms with Crippen molar-refractivity contribution in [1.82, 2.24) is 9.88 Å². The normalized spacial score (nSPS) is 17.3. The Morgan fingerprint density at radius 3 is 2.75 bits per heavy atom. The number of hydrogen-bond donors (Lipinski definition) is 1. The van der Waals surface area contributed by atoms with Gasteiger partial charge in [0, 0.05) is 30.9 Å². The van der Waals surface area contributed by atoms with Crippen LogP contribution in [0.5, 0.6) is 11.6 Å². The Hall–Kier alpha value is -2.89. The summed E-state index contributed by atoms with van der Waals surface area (Å²) in [7, 11) is 0. The molecule has 2 N–H and O–H groups in total. The van der Waals surface area contributed by atoms with Crippen molar-refractivity contribution >= 4 is 11.8 Å². The minimum atomic E-state index is -0.352. The molecular weight excluding hydrogens is 306 g/mol. The fourth-order valence-corrected chi connectivity index (χ4v) is 2.78. The summed E-state index contributed by atoms with van der Waals surface area (Å²) in [5.41, 5.74) is 5.86. The van der Waals surface area contributed by atoms with E-state index in [9.17, 15) is 9.59 Å². The molecule has 6 heteroatoms. The maximum Gasteiger partial charge on any atom is 0.254 e. The van der Waals surface area contributed by atoms with Crippen molar-refractivity contribution in [3.63, 3.8) is 0 Å². The van der Waals surface area contributed by atoms with Gasteiger partial charge in [-0.3, -0.25) is 9.59 Å². The molecule has 3 rings (SSSR count). The van der Waals surface area contributed by atoms with E-state index in [1.54, 1.807) is 23.2 Å². The number of benzene rings is 1. The van der Waals surface area contributed by atoms with Gasteiger partial charge in [0.1, 0.15) is 5.75 Å². The van der Waals surface area contributed by atoms with Gasteiger partial charge in [-0.15, -0.1) is 0 Å². The number of nitrogens with zero attached hydrogens (tertiary/aromatic N) is 2. The highest BCUT2D eigenvalue weighted by Crippen LogP contribution is 2.22. The van der Waals surface area contributed by atoms with Gasteiger partial charge in [0.15, 0.2) is 0 Å². The number of pyridine rings is 1. The zero-order chi connectivity index (χ0) is 16.9. The molecule has 1 aromatic heterocycles. The lowest BCUT2D eigenvalue weighted by atomic mass is 9.97. The topological polar surface area (TPSA) is 85.5 Å². The highest BCUT2D eigenvalue weighted by atomic mass is 16.5. The van der Waals surface area contributed by atoms with Crippen LogP contribution >= 0.6 is 0 Å². The fourth-order valence-electron chi connectivity index (χ4n) is 2.78. The van der Waals surface area contributed by atoms with Gasteiger partial charge in [0.25, 0.3) is 5.91 Å². The van der Waals surface area contributed by atoms with Crippen LogP contribution in [0.25, 0.3) is 0 Å². The molecule has 0 unspecified atom stereocenters. The molecule has 1 saturated heterocycles. The van der Waals surface area contributed by atoms with Crippen LogP contribution in [0.3, 0.4) is 0 Å². The molecule has 1 aromatic carbocycles. The largest absolute Gasteiger partial charge is 0.439 e. The predicted molar refractivity (Wildman–Crippen MR) is 88.6 cm³/mol. The van der Waals surface area contributed by atoms with Crippen LogP contribution in [0.2, 0.25) is 0 Å². The second-order valence-electron chi connectivity index (χ2n) is 5.79. The first-order chi connectivity index (χ1) is 11.6. The molecule has 2 aromatic rings. The predicted octanol–water partition coefficient (Wildman–Crippen LogP) is 2.21. The lowest BCUT2D eigenvalue weighted by molar-refractivity contribution is -0.123. The Labute approximate surface area is 140 Å². The quantitative estimate of drug-likeness (QED) is 0.934. The van der Waals surface area contributed by atoms with Crippen LogP contribution in [0, 0.1) is 5.92 Å². The maximum absolute atomic E-state index is 12.7. The number of primary amides is 1. The van der Waals surface area contributed by atoms with Crippen molar-refractivity contribution < 1.29 is 14.3 Å². The van der Waals surface area contributed by atoms with Gasteiger partial charge in [0.2, 0.25) is 11.8 Å². The Kier molecular flexibility index (Phi) is 4.74. The molecule has 124 valence electrons. The molecule has 1 atom stereocenters. The van der Waals surface area contributed by atoms with E-state index in [-0.39, 0.29) is 17.7 Å². The summed E-state index contributed by atoms with van der Waals surface area (Å²) in [5.74, 6) is 0.248. The summed E-state index contributed by atoms with van der Waals surface area (Å²) in [6, 6.07) is 12.5. The number of rotatable bonds is 4. The SMILES string of the molecule is NC(=O)[C@@H]1CCCN(C(=O)c2ccnc(Oc3ccccc3)c2)C1. The number of likely N-dealkylation sites (tertiary alicyclic amines) is 1. The Morgan fingerprint density at radius 1 is 1.21 bits per heavy atom. The Bertz CT molecular complexity index is 733. The first-order valence-corrected chi connectivity index (χ1v) is 7.91. The molecule has 1 aliphatic heterocycles. The number of carbonyl (C=O) groups is 2. The number of nitrogens with two attached hydrogens (primary N) is 1. The van der Waals surface area contributed by atoms with Crippen molar-refractivity contribution in [2.24, 2.45) is 11.7 Å². The van der Waals surface area contributed by atoms with Gasteiger partial charge in [-0.05, 0) is 31.0 Å². The second-order valence-corrected chi connectivity index (χ2v) is 5.79. The van der Waals surface area contributed by atoms with Crippen molar-refractivity contribution in [2.45, 2.75) is 12.8 Å². The van der Waals surface area contributed by atoms with E-state index in [4.69, 9.17) is 10.5 Å². The summed E-state index contributed by atoms with van der Waals surface area (Å²) in [6.07, 6.45) is 3.05. The zero-order valence-electron chi connectivity index (χ0n) is 13.2. The minimum Gasteiger partial charge on any atom is -0.439 e. The summed E-state index contributed by atoms with van der Waals surface area (Å²) >= 11 is 0. The molecular formula is C18H19N3O3. The number of hydrogen-bond acceptors (Lipinski definition) is 4. The third-order valence-electron chi connectivity index (χ3n) is 4.06. The highest BCUT2D eigenvalue weighted by Gasteiger charge is 2.27. The molecule has 6 nitrogen and oxygen atoms in total. The number of piperidine rings is 1. The number of para-hydroxylation sites is 1. The standard InChI is InChI=1S/C18H19N3O3/c19-17(22)14-5-4-10-21(12-14)18(23)13-8-9-20-16(11-13)24-15-6-2-1-3-7-15/h1-3,6-9,11,14H,4-5,10,12H2,(H2,19,22)/t14-/m1/s1. The van der Waals surface area contributed by atoms with E-state index in [0.717, 1.165) is 12.8 Å². The third kappa shape index (κ3) is 3.71. The van der Waals surface area contributed by atoms with Crippen LogP contribution in [0.4, 0.5) is 0 Å². The van der Waals surface area contributed by atoms with Gasteiger partial charge in [-0.2, -0.15) is 0 Å². The van der Waals surface area contributed by atoms with Crippen LogP contribution in [0.1, 0.15) is 23.2 Å². The molecule has 1 aliphatic rings. The van der Waals surface area contributed by atoms with Crippen molar-refractivity contribution in [3.05, 3.63) is 54.2 Å². The first-order valence-electron chi connectivity index (χ1n) is 7.91. The van der Waals surface area contributed by atoms with Crippen molar-refractivity contribution in [3.8, 4) is 11.6 Å². The minimum absolute atomic E-state index is 0.138. The van der Waals surface area contributed by atoms with Crippen LogP contribution in [-0.4, -0.2) is 34.8 Å². The molecule has 0 spiro atoms. The maximum atomic E-state index is 12.7. The van der Waals surface area contributed by atoms with Crippen LogP contribution < -0.4 is 10.5 Å². The summed E-state index contributed by atoms with van der Waals surface area (Å²) in [4.78, 5) is 29.8. The Morgan fingerprint density at radius 2 is 2.00 bits per heavy atom. The van der Waals surface area contributed by atoms with E-state index >= 15 is 0 Å². The van der Waals surface area contributed by atoms with Gasteiger partial charge >= 0.3 is 0 Å². The summed E-state index contributed by atoms with van der Waals surface area (Å²) in [5, 5.41) is 0. The van der Waals surface area contributed by atoms with E-state index in [0.29, 0.717) is 30.3 Å². The third-order valence-corrected chi connectivity index (χ3v) is 4.06. The zero-order valence-corrected chi connectivity index (χ0v) is 13.2. The van der Waals surface area contributed by atoms with Crippen LogP contribution in [0.15, 0.2) is 48.7 Å². The first kappa shape index (κ1) is 16.0. The fraction of sp³-hybridized carbons (Fsp3) is 0.278. The molecule has 2 heterocycles. The summed E-state index contributed by atoms with van der Waals surface area (Å²) < 4.78 is 5.66. The molecule has 0 radical (unpaired) electrons. The molecule has 1 fully saturated rings. The van der Waals surface area contributed by atoms with Gasteiger partial charge < -0.3 is 15.4 Å². The lowest BCUT2D eigenvalue weighted by Crippen LogP contribution is -2.44. The highest BCUT2D eigenvalue weighted by molar-refractivity contribution is 5.94. The number of carbonyl (C=O) groups excluding carboxylic acids is 2. The van der Waals surface area contributed by atoms with Gasteiger partial charge in [-0.1, -0.05) is 18.2 Å². The monoisotopic (exact) mass is 325 g/mol. The molecule has 0 aliphatic carbocycles. The van der Waals surface area contributed by atoms with E-state index in [2.05, 4.69) is 4.98 Å². The smallest absolute Gasteiger partial charge is 0.254 e. The van der Waals surface area contributed by atoms with Crippen LogP contribution in [-0.2, 0) is 4.79 Å². The van der Waals surface area contributed by atoms with E-state index in [1.807, 2.05) is 30.3 Å². The second kappa shape index (κ2) is 7.12. The van der Waals surface area contributed by atoms with Crippen molar-refractivity contribution in [1.29, 1.82) is 0 Å². The van der Waals surface area contributed by atoms with E-state index < -0.39 is 0 Å². The number of amides is 2. The van der Waals surface area contributed by atoms with Crippen molar-refractivity contribution in [2.75, 3.05) is 13.1 Å². The average Bonchev–Trinajstić information content (AvgIpc) is 2.62. The number of aromatic nitrogens is 1. The van der Waals surface area contributed by atoms with Gasteiger partial charge in [-0.25, -0.2) is 4.98 Å². The molecule has 0 saturated carbocycles. The van der Waals surface area contributed by atoms with Gasteiger partial charge in [0.05, 0.1) is 5.92 Å². The molecule has 2 amide bonds. The lowest BCUT2D eigenvalue weighted by Gasteiger charge is -2.31. The Balaban J connectivity index is 1.73. The summed E-state index contributed by atoms with van der Waals surface area (Å²) in [6.45, 7) is 0.991. The molecule has 0 bridgehead atoms. The number of ether oxygens (including phenoxy) is 1. The molecule has 24 heavy (non-hydrogen) atoms. The van der Waals surface area contributed by atoms with E-state index in [1.165, 1.54) is 0 Å². The average molecular weight is 325 g/mol.